The average Bonchev–Trinajstić information content (AvgIpc) is 2.35. The number of allylic oxidation sites excluding steroid dienone is 1. The highest BCUT2D eigenvalue weighted by Gasteiger charge is 2.15. The standard InChI is InChI=1S/C13H15NO3/c1-17-12-7-10-4-2-9(3-5-13(15)16)6-11(10)8-14-12/h2,4,7-9H,3,5-6H2,1H3,(H,15,16). The number of nitrogens with zero attached hydrogens (tertiary/aromatic N) is 1. The Morgan fingerprint density at radius 1 is 1.65 bits per heavy atom. The van der Waals surface area contributed by atoms with E-state index < -0.39 is 5.97 Å². The van der Waals surface area contributed by atoms with E-state index in [1.807, 2.05) is 18.3 Å². The number of hydrogen-bond acceptors (Lipinski definition) is 3. The Morgan fingerprint density at radius 2 is 2.47 bits per heavy atom. The van der Waals surface area contributed by atoms with Gasteiger partial charge in [0, 0.05) is 18.7 Å². The van der Waals surface area contributed by atoms with Gasteiger partial charge < -0.3 is 9.84 Å². The van der Waals surface area contributed by atoms with E-state index in [2.05, 4.69) is 11.1 Å². The Morgan fingerprint density at radius 3 is 3.18 bits per heavy atom. The summed E-state index contributed by atoms with van der Waals surface area (Å²) in [5, 5.41) is 8.65. The van der Waals surface area contributed by atoms with Crippen LogP contribution in [0, 0.1) is 5.92 Å². The molecule has 0 aliphatic heterocycles. The van der Waals surface area contributed by atoms with Crippen molar-refractivity contribution < 1.29 is 14.6 Å². The van der Waals surface area contributed by atoms with Crippen molar-refractivity contribution in [2.45, 2.75) is 19.3 Å². The minimum absolute atomic E-state index is 0.216. The van der Waals surface area contributed by atoms with Crippen LogP contribution in [0.3, 0.4) is 0 Å². The quantitative estimate of drug-likeness (QED) is 0.865. The van der Waals surface area contributed by atoms with Gasteiger partial charge in [0.25, 0.3) is 0 Å². The second-order valence-corrected chi connectivity index (χ2v) is 4.18. The molecule has 0 spiro atoms. The summed E-state index contributed by atoms with van der Waals surface area (Å²) in [6, 6.07) is 1.90. The molecule has 2 rings (SSSR count). The van der Waals surface area contributed by atoms with Crippen molar-refractivity contribution in [3.8, 4) is 5.88 Å². The van der Waals surface area contributed by atoms with Crippen LogP contribution in [0.1, 0.15) is 24.0 Å². The van der Waals surface area contributed by atoms with Crippen molar-refractivity contribution in [2.24, 2.45) is 5.92 Å². The summed E-state index contributed by atoms with van der Waals surface area (Å²) < 4.78 is 5.06. The number of hydrogen-bond donors (Lipinski definition) is 1. The minimum Gasteiger partial charge on any atom is -0.481 e. The zero-order valence-corrected chi connectivity index (χ0v) is 9.72. The van der Waals surface area contributed by atoms with Crippen LogP contribution in [0.5, 0.6) is 5.88 Å². The van der Waals surface area contributed by atoms with E-state index in [0.717, 1.165) is 17.5 Å². The van der Waals surface area contributed by atoms with Crippen LogP contribution >= 0.6 is 0 Å². The van der Waals surface area contributed by atoms with Crippen LogP contribution in [0.2, 0.25) is 0 Å². The molecule has 0 aromatic carbocycles. The summed E-state index contributed by atoms with van der Waals surface area (Å²) in [5.74, 6) is 0.170. The largest absolute Gasteiger partial charge is 0.481 e. The Hall–Kier alpha value is -1.84. The number of fused-ring (bicyclic) bond motifs is 1. The first kappa shape index (κ1) is 11.6. The summed E-state index contributed by atoms with van der Waals surface area (Å²) in [5.41, 5.74) is 2.27. The summed E-state index contributed by atoms with van der Waals surface area (Å²) in [4.78, 5) is 14.7. The second-order valence-electron chi connectivity index (χ2n) is 4.18. The number of methoxy groups -OCH3 is 1. The molecule has 17 heavy (non-hydrogen) atoms. The maximum atomic E-state index is 10.5. The lowest BCUT2D eigenvalue weighted by Gasteiger charge is -2.18. The van der Waals surface area contributed by atoms with Crippen molar-refractivity contribution in [3.63, 3.8) is 0 Å². The van der Waals surface area contributed by atoms with Crippen LogP contribution < -0.4 is 4.74 Å². The van der Waals surface area contributed by atoms with Crippen molar-refractivity contribution in [2.75, 3.05) is 7.11 Å². The highest BCUT2D eigenvalue weighted by molar-refractivity contribution is 5.66. The third kappa shape index (κ3) is 2.84. The van der Waals surface area contributed by atoms with Crippen LogP contribution in [-0.2, 0) is 11.2 Å². The van der Waals surface area contributed by atoms with E-state index >= 15 is 0 Å². The molecule has 0 radical (unpaired) electrons. The van der Waals surface area contributed by atoms with Crippen LogP contribution in [0.25, 0.3) is 6.08 Å². The first-order valence-corrected chi connectivity index (χ1v) is 5.62. The molecule has 1 aliphatic carbocycles. The lowest BCUT2D eigenvalue weighted by atomic mass is 9.88. The zero-order chi connectivity index (χ0) is 12.3. The predicted octanol–water partition coefficient (Wildman–Crippen LogP) is 2.14. The molecule has 1 unspecified atom stereocenters. The highest BCUT2D eigenvalue weighted by Crippen LogP contribution is 2.27. The third-order valence-electron chi connectivity index (χ3n) is 2.97. The molecule has 1 atom stereocenters. The van der Waals surface area contributed by atoms with E-state index in [1.54, 1.807) is 7.11 Å². The van der Waals surface area contributed by atoms with Gasteiger partial charge in [-0.15, -0.1) is 0 Å². The number of ether oxygens (including phenoxy) is 1. The average molecular weight is 233 g/mol. The second kappa shape index (κ2) is 4.99. The Labute approximate surface area is 99.9 Å². The molecule has 1 aromatic heterocycles. The molecule has 1 aliphatic rings. The lowest BCUT2D eigenvalue weighted by Crippen LogP contribution is -2.10. The van der Waals surface area contributed by atoms with Crippen molar-refractivity contribution in [1.82, 2.24) is 4.98 Å². The van der Waals surface area contributed by atoms with Gasteiger partial charge in [-0.1, -0.05) is 12.2 Å². The van der Waals surface area contributed by atoms with Gasteiger partial charge in [-0.25, -0.2) is 4.98 Å². The van der Waals surface area contributed by atoms with Gasteiger partial charge in [-0.2, -0.15) is 0 Å². The van der Waals surface area contributed by atoms with E-state index in [0.29, 0.717) is 18.2 Å². The lowest BCUT2D eigenvalue weighted by molar-refractivity contribution is -0.137. The van der Waals surface area contributed by atoms with Crippen molar-refractivity contribution >= 4 is 12.0 Å². The number of aliphatic carboxylic acids is 1. The first-order valence-electron chi connectivity index (χ1n) is 5.62. The minimum atomic E-state index is -0.739. The number of carbonyl (C=O) groups is 1. The molecule has 0 bridgehead atoms. The predicted molar refractivity (Wildman–Crippen MR) is 63.9 cm³/mol. The molecule has 1 heterocycles. The fourth-order valence-corrected chi connectivity index (χ4v) is 2.01. The summed E-state index contributed by atoms with van der Waals surface area (Å²) >= 11 is 0. The van der Waals surface area contributed by atoms with Crippen LogP contribution in [-0.4, -0.2) is 23.2 Å². The fourth-order valence-electron chi connectivity index (χ4n) is 2.01. The summed E-state index contributed by atoms with van der Waals surface area (Å²) in [6.07, 6.45) is 7.66. The van der Waals surface area contributed by atoms with Gasteiger partial charge >= 0.3 is 5.97 Å². The van der Waals surface area contributed by atoms with Gasteiger partial charge in [0.1, 0.15) is 0 Å². The third-order valence-corrected chi connectivity index (χ3v) is 2.97. The van der Waals surface area contributed by atoms with Gasteiger partial charge in [0.15, 0.2) is 0 Å². The number of pyridine rings is 1. The molecule has 0 fully saturated rings. The summed E-state index contributed by atoms with van der Waals surface area (Å²) in [6.45, 7) is 0. The molecule has 4 heteroatoms. The fraction of sp³-hybridized carbons (Fsp3) is 0.385. The Bertz CT molecular complexity index is 454. The SMILES string of the molecule is COc1cc2c(cn1)CC(CCC(=O)O)C=C2. The first-order chi connectivity index (χ1) is 8.19. The van der Waals surface area contributed by atoms with E-state index in [-0.39, 0.29) is 6.42 Å². The molecular weight excluding hydrogens is 218 g/mol. The maximum Gasteiger partial charge on any atom is 0.303 e. The summed E-state index contributed by atoms with van der Waals surface area (Å²) in [7, 11) is 1.59. The van der Waals surface area contributed by atoms with E-state index in [9.17, 15) is 4.79 Å². The molecule has 90 valence electrons. The molecule has 0 saturated heterocycles. The van der Waals surface area contributed by atoms with Crippen LogP contribution in [0.4, 0.5) is 0 Å². The highest BCUT2D eigenvalue weighted by atomic mass is 16.5. The molecule has 0 amide bonds. The van der Waals surface area contributed by atoms with Crippen LogP contribution in [0.15, 0.2) is 18.3 Å². The number of aromatic nitrogens is 1. The van der Waals surface area contributed by atoms with Gasteiger partial charge in [0.05, 0.1) is 7.11 Å². The molecular formula is C13H15NO3. The molecule has 4 nitrogen and oxygen atoms in total. The molecule has 1 N–H and O–H groups in total. The Balaban J connectivity index is 2.07. The Kier molecular flexibility index (Phi) is 3.42. The normalized spacial score (nSPS) is 17.6. The van der Waals surface area contributed by atoms with E-state index in [4.69, 9.17) is 9.84 Å². The maximum absolute atomic E-state index is 10.5. The van der Waals surface area contributed by atoms with Gasteiger partial charge in [-0.3, -0.25) is 4.79 Å². The number of rotatable bonds is 4. The molecule has 0 saturated carbocycles. The topological polar surface area (TPSA) is 59.4 Å². The van der Waals surface area contributed by atoms with E-state index in [1.165, 1.54) is 0 Å². The van der Waals surface area contributed by atoms with Gasteiger partial charge in [0.2, 0.25) is 5.88 Å². The molecule has 1 aromatic rings. The zero-order valence-electron chi connectivity index (χ0n) is 9.72. The number of carboxylic acid groups (broad SMARTS) is 1. The monoisotopic (exact) mass is 233 g/mol. The number of carboxylic acids is 1. The van der Waals surface area contributed by atoms with Crippen molar-refractivity contribution in [3.05, 3.63) is 29.5 Å². The smallest absolute Gasteiger partial charge is 0.303 e. The van der Waals surface area contributed by atoms with Gasteiger partial charge in [-0.05, 0) is 29.9 Å². The van der Waals surface area contributed by atoms with Crippen molar-refractivity contribution in [1.29, 1.82) is 0 Å².